The summed E-state index contributed by atoms with van der Waals surface area (Å²) in [5, 5.41) is 12.8. The number of carbonyl (C=O) groups excluding carboxylic acids is 1. The molecule has 0 fully saturated rings. The lowest BCUT2D eigenvalue weighted by molar-refractivity contribution is 0.102. The number of amides is 1. The molecule has 5 nitrogen and oxygen atoms in total. The number of aromatic hydroxyl groups is 1. The Morgan fingerprint density at radius 1 is 1.14 bits per heavy atom. The minimum atomic E-state index is -0.411. The molecule has 104 valence electrons. The molecule has 2 N–H and O–H groups in total. The number of nitrogens with one attached hydrogen (secondary N) is 1. The quantitative estimate of drug-likeness (QED) is 0.712. The van der Waals surface area contributed by atoms with Crippen molar-refractivity contribution in [1.29, 1.82) is 0 Å². The van der Waals surface area contributed by atoms with E-state index in [0.29, 0.717) is 11.2 Å². The molecule has 0 aliphatic rings. The van der Waals surface area contributed by atoms with Crippen LogP contribution in [0.2, 0.25) is 5.15 Å². The third-order valence-electron chi connectivity index (χ3n) is 2.96. The highest BCUT2D eigenvalue weighted by molar-refractivity contribution is 6.33. The SMILES string of the molecule is O=C(Nc1cccc2cccnc12)c1ccc(O)nc1Cl. The summed E-state index contributed by atoms with van der Waals surface area (Å²) in [4.78, 5) is 20.1. The lowest BCUT2D eigenvalue weighted by atomic mass is 10.2. The van der Waals surface area contributed by atoms with Gasteiger partial charge in [-0.1, -0.05) is 29.8 Å². The number of fused-ring (bicyclic) bond motifs is 1. The van der Waals surface area contributed by atoms with E-state index in [1.807, 2.05) is 24.3 Å². The zero-order valence-electron chi connectivity index (χ0n) is 10.7. The van der Waals surface area contributed by atoms with Gasteiger partial charge in [0.25, 0.3) is 5.91 Å². The van der Waals surface area contributed by atoms with Gasteiger partial charge in [0.2, 0.25) is 5.88 Å². The Morgan fingerprint density at radius 3 is 2.76 bits per heavy atom. The first kappa shape index (κ1) is 13.3. The van der Waals surface area contributed by atoms with Gasteiger partial charge in [-0.15, -0.1) is 0 Å². The van der Waals surface area contributed by atoms with Crippen LogP contribution in [0.1, 0.15) is 10.4 Å². The van der Waals surface area contributed by atoms with Crippen LogP contribution in [0.5, 0.6) is 5.88 Å². The number of pyridine rings is 2. The second-order valence-corrected chi connectivity index (χ2v) is 4.70. The number of halogens is 1. The van der Waals surface area contributed by atoms with Crippen molar-refractivity contribution in [1.82, 2.24) is 9.97 Å². The molecule has 2 aromatic heterocycles. The maximum atomic E-state index is 12.2. The fraction of sp³-hybridized carbons (Fsp3) is 0. The number of nitrogens with zero attached hydrogens (tertiary/aromatic N) is 2. The standard InChI is InChI=1S/C15H10ClN3O2/c16-14-10(6-7-12(20)19-14)15(21)18-11-5-1-3-9-4-2-8-17-13(9)11/h1-8H,(H,18,21)(H,19,20). The zero-order chi connectivity index (χ0) is 14.8. The molecule has 0 atom stereocenters. The second kappa shape index (κ2) is 5.38. The predicted molar refractivity (Wildman–Crippen MR) is 80.6 cm³/mol. The van der Waals surface area contributed by atoms with E-state index in [2.05, 4.69) is 15.3 Å². The Morgan fingerprint density at radius 2 is 1.95 bits per heavy atom. The van der Waals surface area contributed by atoms with Crippen molar-refractivity contribution in [2.45, 2.75) is 0 Å². The maximum Gasteiger partial charge on any atom is 0.258 e. The van der Waals surface area contributed by atoms with Crippen molar-refractivity contribution in [2.24, 2.45) is 0 Å². The molecule has 3 rings (SSSR count). The van der Waals surface area contributed by atoms with Crippen LogP contribution in [-0.4, -0.2) is 21.0 Å². The first-order valence-corrected chi connectivity index (χ1v) is 6.53. The minimum absolute atomic E-state index is 0.0549. The number of hydrogen-bond donors (Lipinski definition) is 2. The molecule has 0 aliphatic heterocycles. The average Bonchev–Trinajstić information content (AvgIpc) is 2.47. The highest BCUT2D eigenvalue weighted by Gasteiger charge is 2.13. The number of para-hydroxylation sites is 1. The van der Waals surface area contributed by atoms with E-state index < -0.39 is 5.91 Å². The number of rotatable bonds is 2. The zero-order valence-corrected chi connectivity index (χ0v) is 11.5. The summed E-state index contributed by atoms with van der Waals surface area (Å²) in [6, 6.07) is 12.0. The van der Waals surface area contributed by atoms with Crippen LogP contribution >= 0.6 is 11.6 Å². The van der Waals surface area contributed by atoms with Crippen LogP contribution in [0.3, 0.4) is 0 Å². The Labute approximate surface area is 125 Å². The molecular formula is C15H10ClN3O2. The fourth-order valence-electron chi connectivity index (χ4n) is 1.99. The maximum absolute atomic E-state index is 12.2. The first-order chi connectivity index (χ1) is 10.1. The number of anilines is 1. The molecular weight excluding hydrogens is 290 g/mol. The molecule has 0 unspecified atom stereocenters. The number of carbonyl (C=O) groups is 1. The molecule has 2 heterocycles. The summed E-state index contributed by atoms with van der Waals surface area (Å²) < 4.78 is 0. The van der Waals surface area contributed by atoms with Crippen molar-refractivity contribution in [3.8, 4) is 5.88 Å². The largest absolute Gasteiger partial charge is 0.493 e. The van der Waals surface area contributed by atoms with Crippen molar-refractivity contribution in [3.63, 3.8) is 0 Å². The molecule has 0 saturated heterocycles. The Hall–Kier alpha value is -2.66. The van der Waals surface area contributed by atoms with Crippen molar-refractivity contribution in [3.05, 3.63) is 59.4 Å². The van der Waals surface area contributed by atoms with Crippen molar-refractivity contribution in [2.75, 3.05) is 5.32 Å². The predicted octanol–water partition coefficient (Wildman–Crippen LogP) is 3.24. The molecule has 1 amide bonds. The molecule has 0 spiro atoms. The van der Waals surface area contributed by atoms with Crippen molar-refractivity contribution < 1.29 is 9.90 Å². The van der Waals surface area contributed by atoms with E-state index in [0.717, 1.165) is 5.39 Å². The van der Waals surface area contributed by atoms with Crippen molar-refractivity contribution >= 4 is 34.1 Å². The fourth-order valence-corrected chi connectivity index (χ4v) is 2.22. The highest BCUT2D eigenvalue weighted by Crippen LogP contribution is 2.23. The normalized spacial score (nSPS) is 10.5. The van der Waals surface area contributed by atoms with E-state index in [1.54, 1.807) is 12.3 Å². The van der Waals surface area contributed by atoms with Crippen LogP contribution in [-0.2, 0) is 0 Å². The summed E-state index contributed by atoms with van der Waals surface area (Å²) in [7, 11) is 0. The molecule has 0 radical (unpaired) electrons. The molecule has 0 saturated carbocycles. The molecule has 21 heavy (non-hydrogen) atoms. The van der Waals surface area contributed by atoms with E-state index in [4.69, 9.17) is 11.6 Å². The summed E-state index contributed by atoms with van der Waals surface area (Å²) >= 11 is 5.86. The van der Waals surface area contributed by atoms with Gasteiger partial charge in [0.15, 0.2) is 0 Å². The van der Waals surface area contributed by atoms with Crippen LogP contribution < -0.4 is 5.32 Å². The number of hydrogen-bond acceptors (Lipinski definition) is 4. The van der Waals surface area contributed by atoms with Gasteiger partial charge in [0, 0.05) is 17.6 Å². The third-order valence-corrected chi connectivity index (χ3v) is 3.25. The van der Waals surface area contributed by atoms with Crippen LogP contribution in [0.25, 0.3) is 10.9 Å². The average molecular weight is 300 g/mol. The van der Waals surface area contributed by atoms with E-state index in [1.165, 1.54) is 12.1 Å². The van der Waals surface area contributed by atoms with Crippen LogP contribution in [0.15, 0.2) is 48.7 Å². The summed E-state index contributed by atoms with van der Waals surface area (Å²) in [5.41, 5.74) is 1.46. The van der Waals surface area contributed by atoms with E-state index >= 15 is 0 Å². The lowest BCUT2D eigenvalue weighted by Crippen LogP contribution is -2.13. The van der Waals surface area contributed by atoms with Gasteiger partial charge in [-0.3, -0.25) is 9.78 Å². The minimum Gasteiger partial charge on any atom is -0.493 e. The summed E-state index contributed by atoms with van der Waals surface area (Å²) in [6.07, 6.45) is 1.66. The van der Waals surface area contributed by atoms with Gasteiger partial charge in [-0.05, 0) is 18.2 Å². The summed E-state index contributed by atoms with van der Waals surface area (Å²) in [5.74, 6) is -0.644. The van der Waals surface area contributed by atoms with Gasteiger partial charge in [0.1, 0.15) is 5.15 Å². The second-order valence-electron chi connectivity index (χ2n) is 4.34. The van der Waals surface area contributed by atoms with Crippen LogP contribution in [0, 0.1) is 0 Å². The van der Waals surface area contributed by atoms with Gasteiger partial charge >= 0.3 is 0 Å². The smallest absolute Gasteiger partial charge is 0.258 e. The molecule has 3 aromatic rings. The molecule has 6 heteroatoms. The van der Waals surface area contributed by atoms with Crippen LogP contribution in [0.4, 0.5) is 5.69 Å². The lowest BCUT2D eigenvalue weighted by Gasteiger charge is -2.08. The molecule has 1 aromatic carbocycles. The number of benzene rings is 1. The molecule has 0 aliphatic carbocycles. The molecule has 0 bridgehead atoms. The Bertz CT molecular complexity index is 831. The number of aromatic nitrogens is 2. The van der Waals surface area contributed by atoms with E-state index in [-0.39, 0.29) is 16.6 Å². The van der Waals surface area contributed by atoms with Gasteiger partial charge in [-0.25, -0.2) is 4.98 Å². The Kier molecular flexibility index (Phi) is 3.41. The monoisotopic (exact) mass is 299 g/mol. The first-order valence-electron chi connectivity index (χ1n) is 6.16. The van der Waals surface area contributed by atoms with Gasteiger partial charge in [-0.2, -0.15) is 0 Å². The van der Waals surface area contributed by atoms with Gasteiger partial charge in [0.05, 0.1) is 16.8 Å². The van der Waals surface area contributed by atoms with E-state index in [9.17, 15) is 9.90 Å². The Balaban J connectivity index is 1.97. The summed E-state index contributed by atoms with van der Waals surface area (Å²) in [6.45, 7) is 0. The topological polar surface area (TPSA) is 75.1 Å². The highest BCUT2D eigenvalue weighted by atomic mass is 35.5. The van der Waals surface area contributed by atoms with Gasteiger partial charge < -0.3 is 10.4 Å². The third kappa shape index (κ3) is 2.64.